The van der Waals surface area contributed by atoms with E-state index in [0.29, 0.717) is 0 Å². The fourth-order valence-corrected chi connectivity index (χ4v) is 1.47. The summed E-state index contributed by atoms with van der Waals surface area (Å²) in [6, 6.07) is 5.03. The Morgan fingerprint density at radius 1 is 1.47 bits per heavy atom. The molecule has 0 heterocycles. The van der Waals surface area contributed by atoms with Crippen LogP contribution in [0, 0.1) is 0 Å². The number of aryl methyl sites for hydroxylation is 1. The molecule has 0 atom stereocenters. The largest absolute Gasteiger partial charge is 0.508 e. The van der Waals surface area contributed by atoms with Crippen LogP contribution in [0.5, 0.6) is 5.75 Å². The number of aromatic hydroxyl groups is 1. The standard InChI is InChI=1S/C12H17NO2/c1-3-4-5-10-8-11(15)6-7-12(10)13-9(2)14/h6-8,15H,3-5H2,1-2H3,(H,13,14). The molecule has 0 aliphatic rings. The van der Waals surface area contributed by atoms with Gasteiger partial charge in [-0.3, -0.25) is 4.79 Å². The van der Waals surface area contributed by atoms with Gasteiger partial charge in [0.2, 0.25) is 5.91 Å². The number of phenolic OH excluding ortho intramolecular Hbond substituents is 1. The van der Waals surface area contributed by atoms with E-state index in [1.54, 1.807) is 18.2 Å². The van der Waals surface area contributed by atoms with E-state index in [4.69, 9.17) is 0 Å². The van der Waals surface area contributed by atoms with Crippen molar-refractivity contribution >= 4 is 11.6 Å². The molecule has 0 unspecified atom stereocenters. The normalized spacial score (nSPS) is 10.0. The van der Waals surface area contributed by atoms with Gasteiger partial charge in [-0.1, -0.05) is 13.3 Å². The van der Waals surface area contributed by atoms with Gasteiger partial charge in [-0.2, -0.15) is 0 Å². The molecule has 0 aliphatic heterocycles. The smallest absolute Gasteiger partial charge is 0.221 e. The molecule has 15 heavy (non-hydrogen) atoms. The molecule has 3 nitrogen and oxygen atoms in total. The molecule has 0 bridgehead atoms. The van der Waals surface area contributed by atoms with Crippen LogP contribution in [0.4, 0.5) is 5.69 Å². The molecular weight excluding hydrogens is 190 g/mol. The lowest BCUT2D eigenvalue weighted by Crippen LogP contribution is -2.08. The molecule has 1 aromatic rings. The van der Waals surface area contributed by atoms with Crippen molar-refractivity contribution in [3.63, 3.8) is 0 Å². The van der Waals surface area contributed by atoms with Crippen molar-refractivity contribution in [1.29, 1.82) is 0 Å². The highest BCUT2D eigenvalue weighted by atomic mass is 16.3. The van der Waals surface area contributed by atoms with Crippen LogP contribution in [0.15, 0.2) is 18.2 Å². The summed E-state index contributed by atoms with van der Waals surface area (Å²) in [6.45, 7) is 3.59. The summed E-state index contributed by atoms with van der Waals surface area (Å²) in [7, 11) is 0. The minimum absolute atomic E-state index is 0.0848. The lowest BCUT2D eigenvalue weighted by molar-refractivity contribution is -0.114. The van der Waals surface area contributed by atoms with Crippen molar-refractivity contribution in [2.75, 3.05) is 5.32 Å². The highest BCUT2D eigenvalue weighted by Gasteiger charge is 2.04. The minimum Gasteiger partial charge on any atom is -0.508 e. The molecule has 0 spiro atoms. The number of anilines is 1. The molecule has 0 saturated carbocycles. The minimum atomic E-state index is -0.0848. The van der Waals surface area contributed by atoms with E-state index < -0.39 is 0 Å². The highest BCUT2D eigenvalue weighted by Crippen LogP contribution is 2.22. The number of unbranched alkanes of at least 4 members (excludes halogenated alkanes) is 1. The summed E-state index contributed by atoms with van der Waals surface area (Å²) in [4.78, 5) is 11.0. The molecule has 0 aromatic heterocycles. The molecule has 0 radical (unpaired) electrons. The third-order valence-corrected chi connectivity index (χ3v) is 2.20. The van der Waals surface area contributed by atoms with E-state index >= 15 is 0 Å². The first kappa shape index (κ1) is 11.6. The monoisotopic (exact) mass is 207 g/mol. The number of benzene rings is 1. The number of carbonyl (C=O) groups excluding carboxylic acids is 1. The van der Waals surface area contributed by atoms with E-state index in [-0.39, 0.29) is 11.7 Å². The van der Waals surface area contributed by atoms with E-state index in [9.17, 15) is 9.90 Å². The quantitative estimate of drug-likeness (QED) is 0.746. The van der Waals surface area contributed by atoms with Crippen molar-refractivity contribution in [2.45, 2.75) is 33.1 Å². The third kappa shape index (κ3) is 3.62. The molecule has 1 rings (SSSR count). The van der Waals surface area contributed by atoms with Crippen LogP contribution < -0.4 is 5.32 Å². The molecule has 2 N–H and O–H groups in total. The number of nitrogens with one attached hydrogen (secondary N) is 1. The average molecular weight is 207 g/mol. The highest BCUT2D eigenvalue weighted by molar-refractivity contribution is 5.89. The van der Waals surface area contributed by atoms with E-state index in [1.807, 2.05) is 0 Å². The number of rotatable bonds is 4. The van der Waals surface area contributed by atoms with Crippen LogP contribution in [0.2, 0.25) is 0 Å². The second-order valence-corrected chi connectivity index (χ2v) is 3.63. The lowest BCUT2D eigenvalue weighted by Gasteiger charge is -2.09. The van der Waals surface area contributed by atoms with E-state index in [1.165, 1.54) is 6.92 Å². The number of carbonyl (C=O) groups is 1. The van der Waals surface area contributed by atoms with Gasteiger partial charge in [-0.25, -0.2) is 0 Å². The van der Waals surface area contributed by atoms with Crippen molar-refractivity contribution < 1.29 is 9.90 Å². The van der Waals surface area contributed by atoms with Gasteiger partial charge in [0, 0.05) is 12.6 Å². The van der Waals surface area contributed by atoms with Crippen molar-refractivity contribution in [3.05, 3.63) is 23.8 Å². The van der Waals surface area contributed by atoms with E-state index in [0.717, 1.165) is 30.5 Å². The molecular formula is C12H17NO2. The predicted octanol–water partition coefficient (Wildman–Crippen LogP) is 2.69. The Bertz CT molecular complexity index is 347. The molecule has 82 valence electrons. The maximum Gasteiger partial charge on any atom is 0.221 e. The maximum atomic E-state index is 11.0. The number of phenols is 1. The van der Waals surface area contributed by atoms with Gasteiger partial charge in [0.05, 0.1) is 0 Å². The van der Waals surface area contributed by atoms with Crippen LogP contribution in [0.1, 0.15) is 32.3 Å². The summed E-state index contributed by atoms with van der Waals surface area (Å²) in [5, 5.41) is 12.1. The zero-order chi connectivity index (χ0) is 11.3. The Labute approximate surface area is 90.1 Å². The van der Waals surface area contributed by atoms with Gasteiger partial charge in [0.1, 0.15) is 5.75 Å². The zero-order valence-electron chi connectivity index (χ0n) is 9.21. The molecule has 0 aliphatic carbocycles. The second-order valence-electron chi connectivity index (χ2n) is 3.63. The lowest BCUT2D eigenvalue weighted by atomic mass is 10.1. The van der Waals surface area contributed by atoms with Gasteiger partial charge in [0.25, 0.3) is 0 Å². The van der Waals surface area contributed by atoms with Gasteiger partial charge in [-0.05, 0) is 36.6 Å². The Kier molecular flexibility index (Phi) is 4.16. The topological polar surface area (TPSA) is 49.3 Å². The Balaban J connectivity index is 2.87. The van der Waals surface area contributed by atoms with Crippen LogP contribution in [-0.4, -0.2) is 11.0 Å². The zero-order valence-corrected chi connectivity index (χ0v) is 9.21. The van der Waals surface area contributed by atoms with Gasteiger partial charge in [-0.15, -0.1) is 0 Å². The van der Waals surface area contributed by atoms with Gasteiger partial charge in [0.15, 0.2) is 0 Å². The number of hydrogen-bond donors (Lipinski definition) is 2. The van der Waals surface area contributed by atoms with Crippen molar-refractivity contribution in [2.24, 2.45) is 0 Å². The molecule has 1 amide bonds. The molecule has 0 saturated heterocycles. The first-order valence-electron chi connectivity index (χ1n) is 5.23. The molecule has 3 heteroatoms. The van der Waals surface area contributed by atoms with Crippen molar-refractivity contribution in [1.82, 2.24) is 0 Å². The van der Waals surface area contributed by atoms with Gasteiger partial charge >= 0.3 is 0 Å². The van der Waals surface area contributed by atoms with Gasteiger partial charge < -0.3 is 10.4 Å². The van der Waals surface area contributed by atoms with Crippen LogP contribution >= 0.6 is 0 Å². The van der Waals surface area contributed by atoms with Crippen LogP contribution in [0.25, 0.3) is 0 Å². The summed E-state index contributed by atoms with van der Waals surface area (Å²) in [5.41, 5.74) is 1.79. The second kappa shape index (κ2) is 5.39. The number of hydrogen-bond acceptors (Lipinski definition) is 2. The average Bonchev–Trinajstić information content (AvgIpc) is 2.18. The molecule has 1 aromatic carbocycles. The third-order valence-electron chi connectivity index (χ3n) is 2.20. The summed E-state index contributed by atoms with van der Waals surface area (Å²) in [6.07, 6.45) is 3.02. The maximum absolute atomic E-state index is 11.0. The summed E-state index contributed by atoms with van der Waals surface area (Å²) < 4.78 is 0. The summed E-state index contributed by atoms with van der Waals surface area (Å²) >= 11 is 0. The van der Waals surface area contributed by atoms with Crippen molar-refractivity contribution in [3.8, 4) is 5.75 Å². The van der Waals surface area contributed by atoms with E-state index in [2.05, 4.69) is 12.2 Å². The Morgan fingerprint density at radius 3 is 2.80 bits per heavy atom. The predicted molar refractivity (Wildman–Crippen MR) is 61.0 cm³/mol. The molecule has 0 fully saturated rings. The van der Waals surface area contributed by atoms with Crippen LogP contribution in [0.3, 0.4) is 0 Å². The number of amides is 1. The first-order valence-corrected chi connectivity index (χ1v) is 5.23. The fraction of sp³-hybridized carbons (Fsp3) is 0.417. The first-order chi connectivity index (χ1) is 7.13. The Morgan fingerprint density at radius 2 is 2.20 bits per heavy atom. The fourth-order valence-electron chi connectivity index (χ4n) is 1.47. The van der Waals surface area contributed by atoms with Crippen LogP contribution in [-0.2, 0) is 11.2 Å². The SMILES string of the molecule is CCCCc1cc(O)ccc1NC(C)=O. The summed E-state index contributed by atoms with van der Waals surface area (Å²) in [5.74, 6) is 0.161. The Hall–Kier alpha value is -1.51.